The summed E-state index contributed by atoms with van der Waals surface area (Å²) in [6.45, 7) is 2.10. The third-order valence-corrected chi connectivity index (χ3v) is 5.29. The molecule has 1 aliphatic carbocycles. The van der Waals surface area contributed by atoms with Crippen LogP contribution < -0.4 is 0 Å². The van der Waals surface area contributed by atoms with Crippen LogP contribution in [0.4, 0.5) is 4.39 Å². The molecule has 0 radical (unpaired) electrons. The Balaban J connectivity index is 1.91. The van der Waals surface area contributed by atoms with Crippen molar-refractivity contribution >= 4 is 5.97 Å². The Kier molecular flexibility index (Phi) is 8.10. The maximum atomic E-state index is 14.8. The highest BCUT2D eigenvalue weighted by Gasteiger charge is 2.53. The zero-order valence-electron chi connectivity index (χ0n) is 15.4. The second kappa shape index (κ2) is 10.1. The van der Waals surface area contributed by atoms with E-state index in [-0.39, 0.29) is 24.2 Å². The lowest BCUT2D eigenvalue weighted by Crippen LogP contribution is -2.25. The van der Waals surface area contributed by atoms with Gasteiger partial charge >= 0.3 is 5.97 Å². The summed E-state index contributed by atoms with van der Waals surface area (Å²) in [5, 5.41) is 28.9. The number of carboxylic acid groups (broad SMARTS) is 1. The first-order valence-electron chi connectivity index (χ1n) is 9.71. The lowest BCUT2D eigenvalue weighted by molar-refractivity contribution is -0.137. The van der Waals surface area contributed by atoms with E-state index in [2.05, 4.69) is 6.92 Å². The van der Waals surface area contributed by atoms with Crippen LogP contribution in [0.3, 0.4) is 0 Å². The van der Waals surface area contributed by atoms with Crippen LogP contribution in [0.2, 0.25) is 0 Å². The highest BCUT2D eigenvalue weighted by atomic mass is 19.1. The van der Waals surface area contributed by atoms with E-state index in [4.69, 9.17) is 9.84 Å². The van der Waals surface area contributed by atoms with Gasteiger partial charge in [0.1, 0.15) is 11.9 Å². The number of carbonyl (C=O) groups is 1. The van der Waals surface area contributed by atoms with Crippen LogP contribution >= 0.6 is 0 Å². The molecular weight excluding hydrogens is 339 g/mol. The molecule has 6 atom stereocenters. The number of hydrogen-bond acceptors (Lipinski definition) is 4. The molecule has 1 saturated carbocycles. The predicted molar refractivity (Wildman–Crippen MR) is 96.2 cm³/mol. The maximum Gasteiger partial charge on any atom is 0.303 e. The quantitative estimate of drug-likeness (QED) is 0.405. The van der Waals surface area contributed by atoms with Crippen LogP contribution in [-0.4, -0.2) is 45.8 Å². The van der Waals surface area contributed by atoms with Gasteiger partial charge in [0.15, 0.2) is 6.17 Å². The highest BCUT2D eigenvalue weighted by Crippen LogP contribution is 2.47. The Morgan fingerprint density at radius 3 is 2.85 bits per heavy atom. The summed E-state index contributed by atoms with van der Waals surface area (Å²) in [5.41, 5.74) is 0. The number of unbranched alkanes of at least 4 members (excludes halogenated alkanes) is 3. The third kappa shape index (κ3) is 5.55. The Labute approximate surface area is 154 Å². The van der Waals surface area contributed by atoms with Crippen molar-refractivity contribution in [3.8, 4) is 0 Å². The Morgan fingerprint density at radius 1 is 1.38 bits per heavy atom. The number of aliphatic hydroxyl groups excluding tert-OH is 2. The molecule has 0 amide bonds. The fourth-order valence-electron chi connectivity index (χ4n) is 3.87. The summed E-state index contributed by atoms with van der Waals surface area (Å²) in [7, 11) is 0. The molecule has 1 unspecified atom stereocenters. The van der Waals surface area contributed by atoms with Crippen molar-refractivity contribution in [2.45, 2.75) is 82.8 Å². The molecule has 1 aliphatic heterocycles. The van der Waals surface area contributed by atoms with E-state index in [1.807, 2.05) is 0 Å². The van der Waals surface area contributed by atoms with Crippen molar-refractivity contribution in [2.75, 3.05) is 0 Å². The second-order valence-electron chi connectivity index (χ2n) is 7.36. The fourth-order valence-corrected chi connectivity index (χ4v) is 3.87. The summed E-state index contributed by atoms with van der Waals surface area (Å²) in [4.78, 5) is 10.5. The van der Waals surface area contributed by atoms with Gasteiger partial charge in [-0.1, -0.05) is 38.3 Å². The number of carboxylic acids is 1. The van der Waals surface area contributed by atoms with Crippen LogP contribution in [0, 0.1) is 11.8 Å². The van der Waals surface area contributed by atoms with Crippen molar-refractivity contribution in [3.63, 3.8) is 0 Å². The first-order valence-corrected chi connectivity index (χ1v) is 9.71. The average molecular weight is 370 g/mol. The standard InChI is InChI=1S/C20H31FO5/c1-2-3-4-7-13(22)10-11-14-15(23)12-17-19(14)20(21)16(26-17)8-5-6-9-18(24)25/h8,10-11,13-15,17,19-20,22-23H,2-7,9,12H2,1H3,(H,24,25)/b11-10+,16-8-/t13-,14-,15+,17-,19+,20?/m0/s1. The van der Waals surface area contributed by atoms with E-state index in [0.717, 1.165) is 19.3 Å². The number of ether oxygens (including phenoxy) is 1. The smallest absolute Gasteiger partial charge is 0.303 e. The summed E-state index contributed by atoms with van der Waals surface area (Å²) in [6.07, 6.45) is 7.25. The molecule has 0 aromatic carbocycles. The number of alkyl halides is 1. The lowest BCUT2D eigenvalue weighted by Gasteiger charge is -2.18. The van der Waals surface area contributed by atoms with E-state index in [9.17, 15) is 19.4 Å². The average Bonchev–Trinajstić information content (AvgIpc) is 3.05. The number of hydrogen-bond donors (Lipinski definition) is 3. The Hall–Kier alpha value is -1.40. The minimum absolute atomic E-state index is 0.0492. The molecule has 3 N–H and O–H groups in total. The summed E-state index contributed by atoms with van der Waals surface area (Å²) >= 11 is 0. The molecule has 2 aliphatic rings. The predicted octanol–water partition coefficient (Wildman–Crippen LogP) is 3.36. The van der Waals surface area contributed by atoms with Crippen LogP contribution in [0.1, 0.15) is 58.3 Å². The minimum atomic E-state index is -1.30. The normalized spacial score (nSPS) is 33.5. The number of aliphatic hydroxyl groups is 2. The zero-order valence-corrected chi connectivity index (χ0v) is 15.4. The van der Waals surface area contributed by atoms with Gasteiger partial charge in [-0.3, -0.25) is 4.79 Å². The van der Waals surface area contributed by atoms with Gasteiger partial charge in [0.05, 0.1) is 12.2 Å². The fraction of sp³-hybridized carbons (Fsp3) is 0.750. The topological polar surface area (TPSA) is 87.0 Å². The van der Waals surface area contributed by atoms with Gasteiger partial charge in [-0.25, -0.2) is 4.39 Å². The summed E-state index contributed by atoms with van der Waals surface area (Å²) in [5.74, 6) is -1.43. The number of allylic oxidation sites excluding steroid dienone is 2. The largest absolute Gasteiger partial charge is 0.491 e. The Morgan fingerprint density at radius 2 is 2.15 bits per heavy atom. The second-order valence-corrected chi connectivity index (χ2v) is 7.36. The van der Waals surface area contributed by atoms with E-state index in [1.54, 1.807) is 18.2 Å². The molecular formula is C20H31FO5. The molecule has 0 bridgehead atoms. The van der Waals surface area contributed by atoms with E-state index in [0.29, 0.717) is 25.7 Å². The maximum absolute atomic E-state index is 14.8. The SMILES string of the molecule is CCCCC[C@H](O)/C=C/[C@@H]1[C@H]2C(F)/C(=C/CCCC(=O)O)O[C@H]2C[C@H]1O. The number of halogens is 1. The zero-order chi connectivity index (χ0) is 19.1. The third-order valence-electron chi connectivity index (χ3n) is 5.29. The molecule has 2 fully saturated rings. The van der Waals surface area contributed by atoms with Gasteiger partial charge in [-0.05, 0) is 25.3 Å². The summed E-state index contributed by atoms with van der Waals surface area (Å²) in [6, 6.07) is 0. The van der Waals surface area contributed by atoms with Crippen LogP contribution in [0.25, 0.3) is 0 Å². The molecule has 6 heteroatoms. The molecule has 5 nitrogen and oxygen atoms in total. The van der Waals surface area contributed by atoms with Crippen molar-refractivity contribution in [2.24, 2.45) is 11.8 Å². The minimum Gasteiger partial charge on any atom is -0.491 e. The monoisotopic (exact) mass is 370 g/mol. The molecule has 0 aromatic heterocycles. The highest BCUT2D eigenvalue weighted by molar-refractivity contribution is 5.66. The first-order chi connectivity index (χ1) is 12.4. The Bertz CT molecular complexity index is 518. The van der Waals surface area contributed by atoms with Gasteiger partial charge in [0.2, 0.25) is 0 Å². The van der Waals surface area contributed by atoms with Gasteiger partial charge in [0, 0.05) is 24.7 Å². The van der Waals surface area contributed by atoms with Crippen LogP contribution in [-0.2, 0) is 9.53 Å². The molecule has 0 spiro atoms. The number of rotatable bonds is 10. The van der Waals surface area contributed by atoms with Crippen molar-refractivity contribution in [1.82, 2.24) is 0 Å². The van der Waals surface area contributed by atoms with Gasteiger partial charge < -0.3 is 20.1 Å². The van der Waals surface area contributed by atoms with Gasteiger partial charge in [0.25, 0.3) is 0 Å². The van der Waals surface area contributed by atoms with E-state index < -0.39 is 30.3 Å². The molecule has 1 heterocycles. The number of fused-ring (bicyclic) bond motifs is 1. The molecule has 2 rings (SSSR count). The molecule has 0 aromatic rings. The van der Waals surface area contributed by atoms with Crippen LogP contribution in [0.5, 0.6) is 0 Å². The molecule has 1 saturated heterocycles. The molecule has 148 valence electrons. The number of aliphatic carboxylic acids is 1. The van der Waals surface area contributed by atoms with Crippen molar-refractivity contribution in [3.05, 3.63) is 24.0 Å². The van der Waals surface area contributed by atoms with Gasteiger partial charge in [-0.15, -0.1) is 0 Å². The first kappa shape index (κ1) is 20.9. The molecule has 26 heavy (non-hydrogen) atoms. The van der Waals surface area contributed by atoms with Crippen molar-refractivity contribution in [1.29, 1.82) is 0 Å². The van der Waals surface area contributed by atoms with Crippen molar-refractivity contribution < 1.29 is 29.2 Å². The van der Waals surface area contributed by atoms with E-state index in [1.165, 1.54) is 0 Å². The summed E-state index contributed by atoms with van der Waals surface area (Å²) < 4.78 is 20.5. The lowest BCUT2D eigenvalue weighted by atomic mass is 9.89. The van der Waals surface area contributed by atoms with Crippen LogP contribution in [0.15, 0.2) is 24.0 Å². The van der Waals surface area contributed by atoms with E-state index >= 15 is 0 Å². The van der Waals surface area contributed by atoms with Gasteiger partial charge in [-0.2, -0.15) is 0 Å².